The first-order valence-corrected chi connectivity index (χ1v) is 14.4. The van der Waals surface area contributed by atoms with Crippen LogP contribution < -0.4 is 0 Å². The number of hydrogen-bond acceptors (Lipinski definition) is 6. The number of benzene rings is 4. The van der Waals surface area contributed by atoms with Gasteiger partial charge in [-0.25, -0.2) is 0 Å². The van der Waals surface area contributed by atoms with Gasteiger partial charge in [0, 0.05) is 0 Å². The Bertz CT molecular complexity index is 1660. The monoisotopic (exact) mass is 546 g/mol. The van der Waals surface area contributed by atoms with Gasteiger partial charge >= 0.3 is 0 Å². The van der Waals surface area contributed by atoms with Crippen LogP contribution in [0, 0.1) is 0 Å². The van der Waals surface area contributed by atoms with Gasteiger partial charge in [-0.1, -0.05) is 54.6 Å². The molecule has 0 aromatic heterocycles. The molecule has 4 aromatic rings. The van der Waals surface area contributed by atoms with Gasteiger partial charge < -0.3 is 0 Å². The minimum atomic E-state index is -4.42. The number of rotatable bonds is 6. The molecule has 0 radical (unpaired) electrons. The summed E-state index contributed by atoms with van der Waals surface area (Å²) >= 11 is 0. The Morgan fingerprint density at radius 1 is 0.389 bits per heavy atom. The van der Waals surface area contributed by atoms with E-state index in [4.69, 9.17) is 0 Å². The van der Waals surface area contributed by atoms with Crippen molar-refractivity contribution < 1.29 is 38.9 Å². The van der Waals surface area contributed by atoms with Gasteiger partial charge in [0.2, 0.25) is 0 Å². The van der Waals surface area contributed by atoms with Crippen molar-refractivity contribution >= 4 is 30.4 Å². The normalized spacial score (nSPS) is 12.4. The zero-order valence-electron chi connectivity index (χ0n) is 18.2. The highest BCUT2D eigenvalue weighted by atomic mass is 32.2. The Labute approximate surface area is 207 Å². The summed E-state index contributed by atoms with van der Waals surface area (Å²) in [6.07, 6.45) is 0. The van der Waals surface area contributed by atoms with E-state index in [2.05, 4.69) is 0 Å². The molecule has 0 fully saturated rings. The van der Waals surface area contributed by atoms with E-state index in [1.165, 1.54) is 72.8 Å². The van der Waals surface area contributed by atoms with Crippen LogP contribution in [0.2, 0.25) is 0 Å². The first-order chi connectivity index (χ1) is 16.7. The molecule has 4 rings (SSSR count). The topological polar surface area (TPSA) is 163 Å². The fourth-order valence-corrected chi connectivity index (χ4v) is 5.19. The van der Waals surface area contributed by atoms with Crippen molar-refractivity contribution in [3.63, 3.8) is 0 Å². The van der Waals surface area contributed by atoms with Crippen LogP contribution in [0.1, 0.15) is 0 Å². The SMILES string of the molecule is O=S(=O)(O)c1ccc(-c2cccc(-c3ccc(S(=O)(=O)O)cc3)c2-c2ccc(S(=O)(=O)O)cc2)cc1. The van der Waals surface area contributed by atoms with Crippen molar-refractivity contribution in [2.75, 3.05) is 0 Å². The zero-order chi connectivity index (χ0) is 26.3. The molecule has 12 heteroatoms. The molecule has 0 bridgehead atoms. The third kappa shape index (κ3) is 5.38. The first-order valence-electron chi connectivity index (χ1n) is 10.1. The quantitative estimate of drug-likeness (QED) is 0.297. The smallest absolute Gasteiger partial charge is 0.282 e. The third-order valence-electron chi connectivity index (χ3n) is 5.43. The maximum Gasteiger partial charge on any atom is 0.294 e. The van der Waals surface area contributed by atoms with E-state index in [0.29, 0.717) is 33.4 Å². The van der Waals surface area contributed by atoms with Crippen molar-refractivity contribution in [3.05, 3.63) is 91.0 Å². The average Bonchev–Trinajstić information content (AvgIpc) is 2.82. The minimum absolute atomic E-state index is 0.290. The van der Waals surface area contributed by atoms with Gasteiger partial charge in [-0.3, -0.25) is 13.7 Å². The van der Waals surface area contributed by atoms with E-state index in [9.17, 15) is 38.9 Å². The highest BCUT2D eigenvalue weighted by Crippen LogP contribution is 2.40. The second-order valence-electron chi connectivity index (χ2n) is 7.73. The summed E-state index contributed by atoms with van der Waals surface area (Å²) in [7, 11) is -13.2. The zero-order valence-corrected chi connectivity index (χ0v) is 20.6. The predicted octanol–water partition coefficient (Wildman–Crippen LogP) is 4.43. The summed E-state index contributed by atoms with van der Waals surface area (Å²) in [5.41, 5.74) is 3.53. The van der Waals surface area contributed by atoms with Gasteiger partial charge in [0.15, 0.2) is 0 Å². The van der Waals surface area contributed by atoms with Crippen LogP contribution >= 0.6 is 0 Å². The molecular weight excluding hydrogens is 528 g/mol. The minimum Gasteiger partial charge on any atom is -0.282 e. The van der Waals surface area contributed by atoms with E-state index in [-0.39, 0.29) is 14.7 Å². The molecule has 36 heavy (non-hydrogen) atoms. The van der Waals surface area contributed by atoms with E-state index in [1.54, 1.807) is 18.2 Å². The van der Waals surface area contributed by atoms with E-state index < -0.39 is 30.4 Å². The van der Waals surface area contributed by atoms with Crippen LogP contribution in [0.25, 0.3) is 33.4 Å². The molecule has 0 heterocycles. The third-order valence-corrected chi connectivity index (χ3v) is 8.04. The Morgan fingerprint density at radius 3 is 0.944 bits per heavy atom. The second kappa shape index (κ2) is 9.24. The molecule has 3 N–H and O–H groups in total. The molecule has 0 amide bonds. The van der Waals surface area contributed by atoms with E-state index >= 15 is 0 Å². The first kappa shape index (κ1) is 25.7. The Balaban J connectivity index is 1.95. The van der Waals surface area contributed by atoms with Gasteiger partial charge in [0.05, 0.1) is 14.7 Å². The Morgan fingerprint density at radius 2 is 0.667 bits per heavy atom. The molecule has 0 unspecified atom stereocenters. The lowest BCUT2D eigenvalue weighted by Crippen LogP contribution is -1.99. The fraction of sp³-hybridized carbons (Fsp3) is 0. The van der Waals surface area contributed by atoms with Crippen LogP contribution in [-0.2, 0) is 30.4 Å². The standard InChI is InChI=1S/C24H18O9S3/c25-34(26,27)19-10-4-16(5-11-19)22-2-1-3-23(17-6-12-20(13-7-17)35(28,29)30)24(22)18-8-14-21(15-9-18)36(31,32)33/h1-15H,(H,25,26,27)(H,28,29,30)(H,31,32,33). The van der Waals surface area contributed by atoms with Gasteiger partial charge in [-0.2, -0.15) is 25.3 Å². The molecule has 0 aliphatic rings. The maximum atomic E-state index is 11.5. The molecule has 9 nitrogen and oxygen atoms in total. The van der Waals surface area contributed by atoms with Crippen LogP contribution in [-0.4, -0.2) is 38.9 Å². The van der Waals surface area contributed by atoms with E-state index in [1.807, 2.05) is 0 Å². The maximum absolute atomic E-state index is 11.5. The van der Waals surface area contributed by atoms with Gasteiger partial charge in [-0.15, -0.1) is 0 Å². The molecule has 4 aromatic carbocycles. The van der Waals surface area contributed by atoms with Crippen LogP contribution in [0.3, 0.4) is 0 Å². The lowest BCUT2D eigenvalue weighted by Gasteiger charge is -2.17. The van der Waals surface area contributed by atoms with Gasteiger partial charge in [0.1, 0.15) is 0 Å². The van der Waals surface area contributed by atoms with Crippen molar-refractivity contribution in [2.45, 2.75) is 14.7 Å². The molecule has 186 valence electrons. The lowest BCUT2D eigenvalue weighted by atomic mass is 9.88. The highest BCUT2D eigenvalue weighted by Gasteiger charge is 2.18. The van der Waals surface area contributed by atoms with Crippen molar-refractivity contribution in [2.24, 2.45) is 0 Å². The largest absolute Gasteiger partial charge is 0.294 e. The summed E-state index contributed by atoms with van der Waals surface area (Å²) in [6, 6.07) is 21.6. The van der Waals surface area contributed by atoms with Crippen LogP contribution in [0.5, 0.6) is 0 Å². The molecule has 0 saturated heterocycles. The van der Waals surface area contributed by atoms with Gasteiger partial charge in [0.25, 0.3) is 30.4 Å². The van der Waals surface area contributed by atoms with Crippen LogP contribution in [0.15, 0.2) is 106 Å². The summed E-state index contributed by atoms with van der Waals surface area (Å²) in [6.45, 7) is 0. The molecule has 0 aliphatic carbocycles. The van der Waals surface area contributed by atoms with Crippen molar-refractivity contribution in [1.29, 1.82) is 0 Å². The molecule has 0 aliphatic heterocycles. The summed E-state index contributed by atoms with van der Waals surface area (Å²) in [5, 5.41) is 0. The fourth-order valence-electron chi connectivity index (χ4n) is 3.75. The predicted molar refractivity (Wildman–Crippen MR) is 132 cm³/mol. The molecule has 0 spiro atoms. The molecular formula is C24H18O9S3. The lowest BCUT2D eigenvalue weighted by molar-refractivity contribution is 0.481. The van der Waals surface area contributed by atoms with Crippen molar-refractivity contribution in [1.82, 2.24) is 0 Å². The van der Waals surface area contributed by atoms with Crippen molar-refractivity contribution in [3.8, 4) is 33.4 Å². The molecule has 0 atom stereocenters. The Kier molecular flexibility index (Phi) is 6.60. The van der Waals surface area contributed by atoms with Crippen LogP contribution in [0.4, 0.5) is 0 Å². The Hall–Kier alpha value is -3.39. The summed E-state index contributed by atoms with van der Waals surface area (Å²) in [5.74, 6) is 0. The highest BCUT2D eigenvalue weighted by molar-refractivity contribution is 7.86. The molecule has 0 saturated carbocycles. The summed E-state index contributed by atoms with van der Waals surface area (Å²) in [4.78, 5) is -0.884. The van der Waals surface area contributed by atoms with Gasteiger partial charge in [-0.05, 0) is 69.8 Å². The second-order valence-corrected chi connectivity index (χ2v) is 12.0. The summed E-state index contributed by atoms with van der Waals surface area (Å²) < 4.78 is 96.7. The average molecular weight is 547 g/mol. The number of hydrogen-bond donors (Lipinski definition) is 3. The van der Waals surface area contributed by atoms with E-state index in [0.717, 1.165) is 0 Å².